The minimum Gasteiger partial charge on any atom is -0.444 e. The monoisotopic (exact) mass is 576 g/mol. The van der Waals surface area contributed by atoms with Gasteiger partial charge in [-0.15, -0.1) is 24.0 Å². The lowest BCUT2D eigenvalue weighted by molar-refractivity contribution is -0.128. The molecule has 0 radical (unpaired) electrons. The summed E-state index contributed by atoms with van der Waals surface area (Å²) < 4.78 is 5.31. The summed E-state index contributed by atoms with van der Waals surface area (Å²) >= 11 is 0. The molecule has 0 saturated carbocycles. The largest absolute Gasteiger partial charge is 0.444 e. The van der Waals surface area contributed by atoms with Crippen molar-refractivity contribution >= 4 is 41.9 Å². The van der Waals surface area contributed by atoms with Gasteiger partial charge in [-0.1, -0.05) is 25.8 Å². The fourth-order valence-electron chi connectivity index (χ4n) is 2.83. The van der Waals surface area contributed by atoms with Gasteiger partial charge in [0.25, 0.3) is 0 Å². The number of nitrogens with zero attached hydrogens (tertiary/aromatic N) is 3. The van der Waals surface area contributed by atoms with Crippen LogP contribution in [0, 0.1) is 0 Å². The summed E-state index contributed by atoms with van der Waals surface area (Å²) in [6.45, 7) is 8.71. The van der Waals surface area contributed by atoms with Gasteiger partial charge in [0.15, 0.2) is 5.96 Å². The number of halogens is 1. The van der Waals surface area contributed by atoms with Gasteiger partial charge in [0.2, 0.25) is 5.91 Å². The van der Waals surface area contributed by atoms with Crippen molar-refractivity contribution < 1.29 is 14.3 Å². The molecule has 1 aromatic rings. The minimum atomic E-state index is -0.545. The van der Waals surface area contributed by atoms with Crippen LogP contribution in [0.1, 0.15) is 52.7 Å². The number of unbranched alkanes of at least 4 members (excludes halogenated alkanes) is 1. The Labute approximate surface area is 215 Å². The highest BCUT2D eigenvalue weighted by Gasteiger charge is 2.18. The van der Waals surface area contributed by atoms with E-state index in [-0.39, 0.29) is 42.5 Å². The predicted octanol–water partition coefficient (Wildman–Crippen LogP) is 2.95. The van der Waals surface area contributed by atoms with E-state index in [4.69, 9.17) is 4.74 Å². The molecule has 33 heavy (non-hydrogen) atoms. The molecule has 1 unspecified atom stereocenters. The van der Waals surface area contributed by atoms with E-state index >= 15 is 0 Å². The van der Waals surface area contributed by atoms with E-state index in [1.165, 1.54) is 0 Å². The highest BCUT2D eigenvalue weighted by Crippen LogP contribution is 2.07. The summed E-state index contributed by atoms with van der Waals surface area (Å²) in [5.41, 5.74) is 0.408. The average molecular weight is 577 g/mol. The van der Waals surface area contributed by atoms with Crippen molar-refractivity contribution in [3.8, 4) is 0 Å². The topological polar surface area (TPSA) is 108 Å². The molecule has 10 heteroatoms. The molecule has 1 atom stereocenters. The zero-order valence-electron chi connectivity index (χ0n) is 20.8. The van der Waals surface area contributed by atoms with Crippen LogP contribution in [0.5, 0.6) is 0 Å². The van der Waals surface area contributed by atoms with Crippen molar-refractivity contribution in [1.29, 1.82) is 0 Å². The third-order valence-electron chi connectivity index (χ3n) is 4.62. The molecule has 1 heterocycles. The Bertz CT molecular complexity index is 725. The van der Waals surface area contributed by atoms with Crippen molar-refractivity contribution in [3.05, 3.63) is 30.1 Å². The van der Waals surface area contributed by atoms with Gasteiger partial charge in [-0.25, -0.2) is 4.79 Å². The third kappa shape index (κ3) is 14.6. The molecule has 188 valence electrons. The molecule has 1 rings (SSSR count). The number of aliphatic imine (C=N–C) groups is 1. The van der Waals surface area contributed by atoms with Gasteiger partial charge in [-0.2, -0.15) is 0 Å². The smallest absolute Gasteiger partial charge is 0.407 e. The molecule has 0 fully saturated rings. The maximum atomic E-state index is 12.5. The van der Waals surface area contributed by atoms with Gasteiger partial charge in [-0.3, -0.25) is 14.8 Å². The van der Waals surface area contributed by atoms with Crippen LogP contribution in [0.2, 0.25) is 0 Å². The molecule has 2 amide bonds. The van der Waals surface area contributed by atoms with Crippen LogP contribution in [0.15, 0.2) is 29.4 Å². The molecule has 0 saturated heterocycles. The highest BCUT2D eigenvalue weighted by atomic mass is 127. The summed E-state index contributed by atoms with van der Waals surface area (Å²) in [4.78, 5) is 34.6. The lowest BCUT2D eigenvalue weighted by Crippen LogP contribution is -2.50. The molecule has 0 aliphatic rings. The standard InChI is InChI=1S/C23H40N6O3.HI/c1-7-8-11-19(16-27-22(31)32-23(2,3)4)28-21(24-5)26-17-20(30)29(6)15-13-18-12-9-10-14-25-18;/h9-10,12,14,19H,7-8,11,13,15-17H2,1-6H3,(H,27,31)(H2,24,26,28);1H. The first-order valence-electron chi connectivity index (χ1n) is 11.2. The number of guanidine groups is 1. The molecule has 0 aliphatic carbocycles. The van der Waals surface area contributed by atoms with Crippen LogP contribution >= 0.6 is 24.0 Å². The van der Waals surface area contributed by atoms with Crippen LogP contribution in [0.4, 0.5) is 4.79 Å². The SMILES string of the molecule is CCCCC(CNC(=O)OC(C)(C)C)NC(=NC)NCC(=O)N(C)CCc1ccccn1.I. The van der Waals surface area contributed by atoms with Gasteiger partial charge in [-0.05, 0) is 39.3 Å². The second kappa shape index (κ2) is 16.5. The fourth-order valence-corrected chi connectivity index (χ4v) is 2.83. The molecule has 0 spiro atoms. The van der Waals surface area contributed by atoms with Crippen molar-refractivity contribution in [1.82, 2.24) is 25.8 Å². The minimum absolute atomic E-state index is 0. The maximum Gasteiger partial charge on any atom is 0.407 e. The second-order valence-corrected chi connectivity index (χ2v) is 8.68. The maximum absolute atomic E-state index is 12.5. The predicted molar refractivity (Wildman–Crippen MR) is 143 cm³/mol. The molecular formula is C23H41IN6O3. The van der Waals surface area contributed by atoms with Crippen molar-refractivity contribution in [3.63, 3.8) is 0 Å². The van der Waals surface area contributed by atoms with E-state index in [2.05, 4.69) is 32.9 Å². The number of pyridine rings is 1. The van der Waals surface area contributed by atoms with Gasteiger partial charge in [0, 0.05) is 51.5 Å². The Morgan fingerprint density at radius 2 is 1.97 bits per heavy atom. The van der Waals surface area contributed by atoms with E-state index in [0.29, 0.717) is 25.5 Å². The number of alkyl carbamates (subject to hydrolysis) is 1. The molecule has 3 N–H and O–H groups in total. The van der Waals surface area contributed by atoms with Crippen LogP contribution in [0.25, 0.3) is 0 Å². The Morgan fingerprint density at radius 3 is 2.55 bits per heavy atom. The number of amides is 2. The number of carbonyl (C=O) groups is 2. The number of likely N-dealkylation sites (N-methyl/N-ethyl adjacent to an activating group) is 1. The number of aromatic nitrogens is 1. The first kappa shape index (κ1) is 30.9. The molecule has 0 bridgehead atoms. The van der Waals surface area contributed by atoms with Crippen molar-refractivity contribution in [2.75, 3.05) is 33.7 Å². The lowest BCUT2D eigenvalue weighted by Gasteiger charge is -2.24. The Kier molecular flexibility index (Phi) is 15.4. The highest BCUT2D eigenvalue weighted by molar-refractivity contribution is 14.0. The van der Waals surface area contributed by atoms with Crippen molar-refractivity contribution in [2.24, 2.45) is 4.99 Å². The number of hydrogen-bond donors (Lipinski definition) is 3. The number of nitrogens with one attached hydrogen (secondary N) is 3. The van der Waals surface area contributed by atoms with E-state index in [9.17, 15) is 9.59 Å². The van der Waals surface area contributed by atoms with Crippen LogP contribution in [-0.2, 0) is 16.0 Å². The Morgan fingerprint density at radius 1 is 1.24 bits per heavy atom. The summed E-state index contributed by atoms with van der Waals surface area (Å²) in [5, 5.41) is 9.17. The summed E-state index contributed by atoms with van der Waals surface area (Å²) in [6, 6.07) is 5.72. The number of rotatable bonds is 11. The summed E-state index contributed by atoms with van der Waals surface area (Å²) in [7, 11) is 3.43. The van der Waals surface area contributed by atoms with E-state index in [0.717, 1.165) is 25.0 Å². The zero-order chi connectivity index (χ0) is 24.0. The van der Waals surface area contributed by atoms with Crippen LogP contribution in [0.3, 0.4) is 0 Å². The Balaban J connectivity index is 0.0000102. The zero-order valence-corrected chi connectivity index (χ0v) is 23.1. The van der Waals surface area contributed by atoms with Gasteiger partial charge < -0.3 is 25.6 Å². The Hall–Kier alpha value is -2.11. The number of ether oxygens (including phenoxy) is 1. The summed E-state index contributed by atoms with van der Waals surface area (Å²) in [6.07, 6.45) is 4.89. The van der Waals surface area contributed by atoms with Crippen LogP contribution in [-0.4, -0.2) is 73.2 Å². The van der Waals surface area contributed by atoms with E-state index < -0.39 is 11.7 Å². The quantitative estimate of drug-likeness (QED) is 0.213. The van der Waals surface area contributed by atoms with E-state index in [1.807, 2.05) is 39.0 Å². The number of carbonyl (C=O) groups excluding carboxylic acids is 2. The normalized spacial score (nSPS) is 12.2. The van der Waals surface area contributed by atoms with Crippen molar-refractivity contribution in [2.45, 2.75) is 65.0 Å². The number of hydrogen-bond acceptors (Lipinski definition) is 5. The third-order valence-corrected chi connectivity index (χ3v) is 4.62. The molecule has 9 nitrogen and oxygen atoms in total. The van der Waals surface area contributed by atoms with Gasteiger partial charge in [0.05, 0.1) is 6.54 Å². The lowest BCUT2D eigenvalue weighted by atomic mass is 10.1. The molecule has 0 aliphatic heterocycles. The first-order valence-corrected chi connectivity index (χ1v) is 11.2. The molecule has 0 aromatic carbocycles. The van der Waals surface area contributed by atoms with E-state index in [1.54, 1.807) is 25.2 Å². The second-order valence-electron chi connectivity index (χ2n) is 8.68. The first-order chi connectivity index (χ1) is 15.1. The molecular weight excluding hydrogens is 535 g/mol. The van der Waals surface area contributed by atoms with Gasteiger partial charge in [0.1, 0.15) is 5.60 Å². The fraction of sp³-hybridized carbons (Fsp3) is 0.652. The van der Waals surface area contributed by atoms with Crippen LogP contribution < -0.4 is 16.0 Å². The average Bonchev–Trinajstić information content (AvgIpc) is 2.75. The summed E-state index contributed by atoms with van der Waals surface area (Å²) in [5.74, 6) is 0.476. The molecule has 1 aromatic heterocycles. The van der Waals surface area contributed by atoms with Gasteiger partial charge >= 0.3 is 6.09 Å².